The van der Waals surface area contributed by atoms with Gasteiger partial charge in [0.25, 0.3) is 11.9 Å². The number of fused-ring (bicyclic) bond motifs is 1. The predicted molar refractivity (Wildman–Crippen MR) is 109 cm³/mol. The zero-order valence-electron chi connectivity index (χ0n) is 17.3. The smallest absolute Gasteiger partial charge is 0.283 e. The van der Waals surface area contributed by atoms with Gasteiger partial charge in [0, 0.05) is 11.3 Å². The molecule has 33 heavy (non-hydrogen) atoms. The van der Waals surface area contributed by atoms with E-state index in [0.29, 0.717) is 12.8 Å². The van der Waals surface area contributed by atoms with Gasteiger partial charge in [0.05, 0.1) is 25.6 Å². The number of nitrogens with two attached hydrogens (primary N) is 1. The fraction of sp³-hybridized carbons (Fsp3) is 0.429. The molecular formula is C21H20F3N5O4. The van der Waals surface area contributed by atoms with Gasteiger partial charge in [0.15, 0.2) is 11.2 Å². The van der Waals surface area contributed by atoms with E-state index in [2.05, 4.69) is 20.3 Å². The Morgan fingerprint density at radius 2 is 2.00 bits per heavy atom. The molecule has 1 aromatic carbocycles. The zero-order valence-corrected chi connectivity index (χ0v) is 17.3. The highest BCUT2D eigenvalue weighted by atomic mass is 19.2. The monoisotopic (exact) mass is 463 g/mol. The number of benzene rings is 1. The van der Waals surface area contributed by atoms with E-state index in [1.54, 1.807) is 0 Å². The molecule has 174 valence electrons. The van der Waals surface area contributed by atoms with E-state index in [-0.39, 0.29) is 48.7 Å². The highest BCUT2D eigenvalue weighted by Crippen LogP contribution is 2.48. The van der Waals surface area contributed by atoms with Gasteiger partial charge in [0.1, 0.15) is 30.4 Å². The summed E-state index contributed by atoms with van der Waals surface area (Å²) < 4.78 is 59.5. The third kappa shape index (κ3) is 3.84. The van der Waals surface area contributed by atoms with Crippen LogP contribution in [0.15, 0.2) is 35.6 Å². The topological polar surface area (TPSA) is 121 Å². The van der Waals surface area contributed by atoms with Crippen LogP contribution in [0, 0.1) is 5.82 Å². The number of halogens is 3. The van der Waals surface area contributed by atoms with Gasteiger partial charge in [-0.3, -0.25) is 4.79 Å². The van der Waals surface area contributed by atoms with Crippen LogP contribution >= 0.6 is 0 Å². The Bertz CT molecular complexity index is 1130. The molecule has 1 saturated carbocycles. The van der Waals surface area contributed by atoms with Crippen molar-refractivity contribution in [1.82, 2.24) is 9.97 Å². The Balaban J connectivity index is 1.35. The Morgan fingerprint density at radius 1 is 1.18 bits per heavy atom. The summed E-state index contributed by atoms with van der Waals surface area (Å²) >= 11 is 0. The largest absolute Gasteiger partial charge is 0.473 e. The molecule has 1 aliphatic carbocycles. The minimum atomic E-state index is -2.13. The number of ether oxygens (including phenoxy) is 3. The number of rotatable bonds is 6. The molecule has 2 fully saturated rings. The standard InChI is InChI=1S/C21H20F3N5O4/c22-14-2-1-12(5-13(14)21-11-31-9-20(21,24)10-33-18(25)29-21)28-17(30)15-6-27-16(7-26-15)32-8-19(23)3-4-19/h1-2,5-7H,3-4,8-11H2,(H2,25,29)(H,28,30). The molecule has 3 heterocycles. The Hall–Kier alpha value is -3.41. The van der Waals surface area contributed by atoms with Crippen molar-refractivity contribution >= 4 is 17.6 Å². The third-order valence-corrected chi connectivity index (χ3v) is 5.93. The van der Waals surface area contributed by atoms with Gasteiger partial charge in [-0.05, 0) is 31.0 Å². The second kappa shape index (κ2) is 7.58. The Labute approximate surface area is 186 Å². The van der Waals surface area contributed by atoms with E-state index in [9.17, 15) is 13.6 Å². The number of carbonyl (C=O) groups is 1. The number of nitrogens with zero attached hydrogens (tertiary/aromatic N) is 3. The van der Waals surface area contributed by atoms with E-state index in [1.165, 1.54) is 24.5 Å². The van der Waals surface area contributed by atoms with Crippen LogP contribution in [0.25, 0.3) is 0 Å². The van der Waals surface area contributed by atoms with Gasteiger partial charge in [-0.15, -0.1) is 0 Å². The highest BCUT2D eigenvalue weighted by Gasteiger charge is 2.62. The molecule has 1 saturated heterocycles. The fourth-order valence-electron chi connectivity index (χ4n) is 3.80. The molecule has 2 aromatic rings. The molecule has 12 heteroatoms. The third-order valence-electron chi connectivity index (χ3n) is 5.93. The first-order valence-corrected chi connectivity index (χ1v) is 10.2. The lowest BCUT2D eigenvalue weighted by Crippen LogP contribution is -2.55. The van der Waals surface area contributed by atoms with Crippen LogP contribution in [0.2, 0.25) is 0 Å². The Kier molecular flexibility index (Phi) is 4.92. The van der Waals surface area contributed by atoms with Crippen LogP contribution in [-0.4, -0.2) is 59.7 Å². The van der Waals surface area contributed by atoms with Crippen LogP contribution in [0.3, 0.4) is 0 Å². The van der Waals surface area contributed by atoms with Gasteiger partial charge >= 0.3 is 0 Å². The number of amides is 1. The van der Waals surface area contributed by atoms with Crippen molar-refractivity contribution < 1.29 is 32.2 Å². The van der Waals surface area contributed by atoms with Gasteiger partial charge in [-0.25, -0.2) is 28.1 Å². The van der Waals surface area contributed by atoms with Crippen molar-refractivity contribution in [3.63, 3.8) is 0 Å². The summed E-state index contributed by atoms with van der Waals surface area (Å²) in [7, 11) is 0. The summed E-state index contributed by atoms with van der Waals surface area (Å²) in [5.41, 5.74) is 0.472. The second-order valence-electron chi connectivity index (χ2n) is 8.39. The summed E-state index contributed by atoms with van der Waals surface area (Å²) in [5.74, 6) is -1.28. The van der Waals surface area contributed by atoms with Crippen LogP contribution in [-0.2, 0) is 15.0 Å². The predicted octanol–water partition coefficient (Wildman–Crippen LogP) is 2.03. The lowest BCUT2D eigenvalue weighted by atomic mass is 9.78. The molecule has 1 amide bonds. The Morgan fingerprint density at radius 3 is 2.73 bits per heavy atom. The van der Waals surface area contributed by atoms with Gasteiger partial charge in [-0.1, -0.05) is 0 Å². The van der Waals surface area contributed by atoms with Gasteiger partial charge < -0.3 is 25.3 Å². The number of aromatic nitrogens is 2. The fourth-order valence-corrected chi connectivity index (χ4v) is 3.80. The minimum Gasteiger partial charge on any atom is -0.473 e. The van der Waals surface area contributed by atoms with Crippen LogP contribution < -0.4 is 15.8 Å². The van der Waals surface area contributed by atoms with Gasteiger partial charge in [0.2, 0.25) is 5.88 Å². The SMILES string of the molecule is NC1=NC2(c3cc(NC(=O)c4cnc(OCC5(F)CC5)cn4)ccc3F)COCC2(F)CO1. The number of anilines is 1. The lowest BCUT2D eigenvalue weighted by Gasteiger charge is -2.38. The van der Waals surface area contributed by atoms with Crippen molar-refractivity contribution in [1.29, 1.82) is 0 Å². The van der Waals surface area contributed by atoms with E-state index in [4.69, 9.17) is 19.9 Å². The molecule has 3 aliphatic rings. The van der Waals surface area contributed by atoms with Crippen LogP contribution in [0.4, 0.5) is 18.9 Å². The number of amidine groups is 1. The van der Waals surface area contributed by atoms with Gasteiger partial charge in [-0.2, -0.15) is 0 Å². The van der Waals surface area contributed by atoms with Crippen molar-refractivity contribution in [3.8, 4) is 5.88 Å². The molecule has 1 aromatic heterocycles. The molecule has 0 spiro atoms. The number of nitrogens with one attached hydrogen (secondary N) is 1. The van der Waals surface area contributed by atoms with E-state index in [0.717, 1.165) is 6.07 Å². The molecule has 2 atom stereocenters. The minimum absolute atomic E-state index is 0.0508. The van der Waals surface area contributed by atoms with Crippen molar-refractivity contribution in [2.75, 3.05) is 31.7 Å². The summed E-state index contributed by atoms with van der Waals surface area (Å²) in [4.78, 5) is 24.6. The average molecular weight is 463 g/mol. The van der Waals surface area contributed by atoms with E-state index in [1.807, 2.05) is 0 Å². The first-order valence-electron chi connectivity index (χ1n) is 10.2. The van der Waals surface area contributed by atoms with E-state index >= 15 is 4.39 Å². The number of alkyl halides is 2. The second-order valence-corrected chi connectivity index (χ2v) is 8.39. The highest BCUT2D eigenvalue weighted by molar-refractivity contribution is 6.02. The maximum Gasteiger partial charge on any atom is 0.283 e. The number of carbonyl (C=O) groups excluding carboxylic acids is 1. The van der Waals surface area contributed by atoms with E-state index < -0.39 is 35.2 Å². The van der Waals surface area contributed by atoms with Crippen LogP contribution in [0.1, 0.15) is 28.9 Å². The van der Waals surface area contributed by atoms with Crippen molar-refractivity contribution in [3.05, 3.63) is 47.7 Å². The summed E-state index contributed by atoms with van der Waals surface area (Å²) in [6.45, 7) is -1.14. The number of hydrogen-bond donors (Lipinski definition) is 2. The summed E-state index contributed by atoms with van der Waals surface area (Å²) in [5, 5.41) is 2.57. The molecule has 2 unspecified atom stereocenters. The number of aliphatic imine (C=N–C) groups is 1. The van der Waals surface area contributed by atoms with Crippen LogP contribution in [0.5, 0.6) is 5.88 Å². The molecule has 0 radical (unpaired) electrons. The normalized spacial score (nSPS) is 27.2. The summed E-state index contributed by atoms with van der Waals surface area (Å²) in [6, 6.07) is 3.41. The first-order chi connectivity index (χ1) is 15.7. The molecule has 0 bridgehead atoms. The molecule has 5 rings (SSSR count). The molecule has 9 nitrogen and oxygen atoms in total. The number of hydrogen-bond acceptors (Lipinski definition) is 8. The van der Waals surface area contributed by atoms with Crippen molar-refractivity contribution in [2.24, 2.45) is 10.7 Å². The maximum absolute atomic E-state index is 15.6. The molecular weight excluding hydrogens is 443 g/mol. The maximum atomic E-state index is 15.6. The lowest BCUT2D eigenvalue weighted by molar-refractivity contribution is 0.00905. The first kappa shape index (κ1) is 21.4. The molecule has 2 aliphatic heterocycles. The quantitative estimate of drug-likeness (QED) is 0.672. The zero-order chi connectivity index (χ0) is 23.3. The summed E-state index contributed by atoms with van der Waals surface area (Å²) in [6.07, 6.45) is 3.28. The molecule has 3 N–H and O–H groups in total. The average Bonchev–Trinajstić information content (AvgIpc) is 3.44. The van der Waals surface area contributed by atoms with Crippen molar-refractivity contribution in [2.45, 2.75) is 29.7 Å².